The lowest BCUT2D eigenvalue weighted by molar-refractivity contribution is -0.141. The predicted molar refractivity (Wildman–Crippen MR) is 67.8 cm³/mol. The lowest BCUT2D eigenvalue weighted by atomic mass is 9.82. The molecule has 1 rings (SSSR count). The van der Waals surface area contributed by atoms with Crippen molar-refractivity contribution in [2.24, 2.45) is 5.41 Å². The summed E-state index contributed by atoms with van der Waals surface area (Å²) in [7, 11) is 0. The zero-order valence-electron chi connectivity index (χ0n) is 11.3. The van der Waals surface area contributed by atoms with Crippen LogP contribution in [0.2, 0.25) is 0 Å². The Morgan fingerprint density at radius 1 is 1.37 bits per heavy atom. The van der Waals surface area contributed by atoms with Gasteiger partial charge in [-0.05, 0) is 25.2 Å². The third kappa shape index (κ3) is 5.04. The zero-order chi connectivity index (χ0) is 14.5. The van der Waals surface area contributed by atoms with Gasteiger partial charge in [0, 0.05) is 19.8 Å². The molecule has 1 fully saturated rings. The van der Waals surface area contributed by atoms with Gasteiger partial charge in [0.1, 0.15) is 0 Å². The lowest BCUT2D eigenvalue weighted by Crippen LogP contribution is -2.52. The topological polar surface area (TPSA) is 108 Å². The van der Waals surface area contributed by atoms with Gasteiger partial charge in [0.25, 0.3) is 0 Å². The molecule has 7 nitrogen and oxygen atoms in total. The zero-order valence-corrected chi connectivity index (χ0v) is 11.3. The summed E-state index contributed by atoms with van der Waals surface area (Å²) in [5.41, 5.74) is -0.0286. The number of nitrogens with one attached hydrogen (secondary N) is 2. The van der Waals surface area contributed by atoms with E-state index in [9.17, 15) is 14.7 Å². The van der Waals surface area contributed by atoms with Gasteiger partial charge in [0.15, 0.2) is 6.04 Å². The maximum atomic E-state index is 11.6. The van der Waals surface area contributed by atoms with Crippen LogP contribution in [0.15, 0.2) is 0 Å². The summed E-state index contributed by atoms with van der Waals surface area (Å²) < 4.78 is 5.26. The molecule has 0 saturated carbocycles. The van der Waals surface area contributed by atoms with E-state index in [-0.39, 0.29) is 5.41 Å². The number of aliphatic carboxylic acids is 1. The molecule has 4 N–H and O–H groups in total. The van der Waals surface area contributed by atoms with E-state index in [1.54, 1.807) is 0 Å². The molecule has 1 aliphatic heterocycles. The van der Waals surface area contributed by atoms with Crippen molar-refractivity contribution in [1.29, 1.82) is 0 Å². The highest BCUT2D eigenvalue weighted by Gasteiger charge is 2.29. The normalized spacial score (nSPS) is 21.2. The van der Waals surface area contributed by atoms with Crippen LogP contribution in [0.5, 0.6) is 0 Å². The first kappa shape index (κ1) is 15.7. The number of carbonyl (C=O) groups excluding carboxylic acids is 1. The molecule has 2 amide bonds. The molecular weight excluding hydrogens is 252 g/mol. The average Bonchev–Trinajstić information content (AvgIpc) is 2.34. The summed E-state index contributed by atoms with van der Waals surface area (Å²) in [6.45, 7) is 5.17. The quantitative estimate of drug-likeness (QED) is 0.561. The summed E-state index contributed by atoms with van der Waals surface area (Å²) in [6, 6.07) is -1.89. The first-order valence-electron chi connectivity index (χ1n) is 6.37. The number of carboxylic acid groups (broad SMARTS) is 1. The minimum atomic E-state index is -1.30. The molecule has 0 aliphatic carbocycles. The number of amides is 2. The molecule has 0 aromatic heterocycles. The highest BCUT2D eigenvalue weighted by molar-refractivity contribution is 5.82. The standard InChI is InChI=1S/C12H22N2O5/c1-8(15)9(10(16)17)14-11(18)13-7-12(2)3-5-19-6-4-12/h8-9,15H,3-7H2,1-2H3,(H,16,17)(H2,13,14,18). The second-order valence-corrected chi connectivity index (χ2v) is 5.31. The van der Waals surface area contributed by atoms with Crippen molar-refractivity contribution in [3.63, 3.8) is 0 Å². The number of aliphatic hydroxyl groups is 1. The molecular formula is C12H22N2O5. The fourth-order valence-corrected chi connectivity index (χ4v) is 1.92. The van der Waals surface area contributed by atoms with Gasteiger partial charge in [-0.15, -0.1) is 0 Å². The molecule has 1 saturated heterocycles. The molecule has 1 aliphatic rings. The first-order valence-corrected chi connectivity index (χ1v) is 6.37. The van der Waals surface area contributed by atoms with Gasteiger partial charge in [-0.2, -0.15) is 0 Å². The summed E-state index contributed by atoms with van der Waals surface area (Å²) in [6.07, 6.45) is 0.555. The molecule has 19 heavy (non-hydrogen) atoms. The van der Waals surface area contributed by atoms with Crippen LogP contribution in [-0.4, -0.2) is 54.1 Å². The Morgan fingerprint density at radius 3 is 2.42 bits per heavy atom. The van der Waals surface area contributed by atoms with E-state index in [1.165, 1.54) is 6.92 Å². The van der Waals surface area contributed by atoms with Crippen LogP contribution in [0.1, 0.15) is 26.7 Å². The molecule has 2 atom stereocenters. The predicted octanol–water partition coefficient (Wildman–Crippen LogP) is -0.0637. The molecule has 0 aromatic carbocycles. The van der Waals surface area contributed by atoms with Crippen LogP contribution < -0.4 is 10.6 Å². The Hall–Kier alpha value is -1.34. The Kier molecular flexibility index (Phi) is 5.56. The van der Waals surface area contributed by atoms with Crippen LogP contribution in [0, 0.1) is 5.41 Å². The number of aliphatic hydroxyl groups excluding tert-OH is 1. The van der Waals surface area contributed by atoms with E-state index in [2.05, 4.69) is 17.6 Å². The third-order valence-corrected chi connectivity index (χ3v) is 3.41. The molecule has 0 aromatic rings. The molecule has 0 radical (unpaired) electrons. The van der Waals surface area contributed by atoms with E-state index >= 15 is 0 Å². The smallest absolute Gasteiger partial charge is 0.328 e. The van der Waals surface area contributed by atoms with Crippen LogP contribution in [-0.2, 0) is 9.53 Å². The lowest BCUT2D eigenvalue weighted by Gasteiger charge is -2.33. The number of ether oxygens (including phenoxy) is 1. The van der Waals surface area contributed by atoms with Crippen molar-refractivity contribution in [3.8, 4) is 0 Å². The Morgan fingerprint density at radius 2 is 1.95 bits per heavy atom. The van der Waals surface area contributed by atoms with E-state index < -0.39 is 24.1 Å². The summed E-state index contributed by atoms with van der Waals surface area (Å²) >= 11 is 0. The minimum absolute atomic E-state index is 0.0286. The average molecular weight is 274 g/mol. The fourth-order valence-electron chi connectivity index (χ4n) is 1.92. The highest BCUT2D eigenvalue weighted by Crippen LogP contribution is 2.28. The molecule has 110 valence electrons. The largest absolute Gasteiger partial charge is 0.480 e. The highest BCUT2D eigenvalue weighted by atomic mass is 16.5. The minimum Gasteiger partial charge on any atom is -0.480 e. The van der Waals surface area contributed by atoms with Crippen LogP contribution in [0.25, 0.3) is 0 Å². The van der Waals surface area contributed by atoms with Crippen molar-refractivity contribution in [3.05, 3.63) is 0 Å². The van der Waals surface area contributed by atoms with Gasteiger partial charge >= 0.3 is 12.0 Å². The van der Waals surface area contributed by atoms with Crippen molar-refractivity contribution in [2.45, 2.75) is 38.8 Å². The summed E-state index contributed by atoms with van der Waals surface area (Å²) in [4.78, 5) is 22.4. The fraction of sp³-hybridized carbons (Fsp3) is 0.833. The van der Waals surface area contributed by atoms with Gasteiger partial charge in [0.2, 0.25) is 0 Å². The van der Waals surface area contributed by atoms with Gasteiger partial charge in [-0.3, -0.25) is 0 Å². The number of urea groups is 1. The van der Waals surface area contributed by atoms with Crippen molar-refractivity contribution in [1.82, 2.24) is 10.6 Å². The third-order valence-electron chi connectivity index (χ3n) is 3.41. The number of rotatable bonds is 5. The summed E-state index contributed by atoms with van der Waals surface area (Å²) in [5, 5.41) is 23.0. The molecule has 2 unspecified atom stereocenters. The van der Waals surface area contributed by atoms with Crippen molar-refractivity contribution < 1.29 is 24.5 Å². The Labute approximate surface area is 112 Å². The maximum Gasteiger partial charge on any atom is 0.328 e. The number of hydrogen-bond donors (Lipinski definition) is 4. The van der Waals surface area contributed by atoms with Crippen LogP contribution >= 0.6 is 0 Å². The van der Waals surface area contributed by atoms with E-state index in [4.69, 9.17) is 9.84 Å². The second-order valence-electron chi connectivity index (χ2n) is 5.31. The SMILES string of the molecule is CC(O)C(NC(=O)NCC1(C)CCOCC1)C(=O)O. The van der Waals surface area contributed by atoms with Crippen LogP contribution in [0.3, 0.4) is 0 Å². The molecule has 0 bridgehead atoms. The van der Waals surface area contributed by atoms with E-state index in [1.807, 2.05) is 0 Å². The number of hydrogen-bond acceptors (Lipinski definition) is 4. The monoisotopic (exact) mass is 274 g/mol. The summed E-state index contributed by atoms with van der Waals surface area (Å²) in [5.74, 6) is -1.26. The second kappa shape index (κ2) is 6.72. The van der Waals surface area contributed by atoms with E-state index in [0.29, 0.717) is 19.8 Å². The Bertz CT molecular complexity index is 326. The number of carbonyl (C=O) groups is 2. The van der Waals surface area contributed by atoms with Gasteiger partial charge in [-0.25, -0.2) is 9.59 Å². The first-order chi connectivity index (χ1) is 8.84. The number of carboxylic acids is 1. The molecule has 1 heterocycles. The maximum absolute atomic E-state index is 11.6. The molecule has 0 spiro atoms. The van der Waals surface area contributed by atoms with Gasteiger partial charge in [-0.1, -0.05) is 6.92 Å². The van der Waals surface area contributed by atoms with Crippen molar-refractivity contribution in [2.75, 3.05) is 19.8 Å². The van der Waals surface area contributed by atoms with Gasteiger partial charge < -0.3 is 25.6 Å². The Balaban J connectivity index is 2.40. The van der Waals surface area contributed by atoms with Crippen molar-refractivity contribution >= 4 is 12.0 Å². The van der Waals surface area contributed by atoms with Crippen LogP contribution in [0.4, 0.5) is 4.79 Å². The van der Waals surface area contributed by atoms with Gasteiger partial charge in [0.05, 0.1) is 6.10 Å². The molecule has 7 heteroatoms. The van der Waals surface area contributed by atoms with E-state index in [0.717, 1.165) is 12.8 Å².